The lowest BCUT2D eigenvalue weighted by Crippen LogP contribution is -2.44. The number of hydrogen-bond acceptors (Lipinski definition) is 1. The normalized spacial score (nSPS) is 12.0. The highest BCUT2D eigenvalue weighted by atomic mass is 35.5. The number of nitrogens with one attached hydrogen (secondary N) is 1. The summed E-state index contributed by atoms with van der Waals surface area (Å²) in [4.78, 5) is 12.2. The molecule has 0 aliphatic carbocycles. The molecule has 1 aromatic carbocycles. The van der Waals surface area contributed by atoms with Gasteiger partial charge in [0.1, 0.15) is 5.82 Å². The van der Waals surface area contributed by atoms with Crippen molar-refractivity contribution in [3.8, 4) is 0 Å². The molecule has 0 spiro atoms. The first-order chi connectivity index (χ1) is 9.47. The first kappa shape index (κ1) is 14.5. The summed E-state index contributed by atoms with van der Waals surface area (Å²) in [5.74, 6) is -0.652. The van der Waals surface area contributed by atoms with E-state index >= 15 is 0 Å². The van der Waals surface area contributed by atoms with E-state index < -0.39 is 11.9 Å². The Hall–Kier alpha value is -1.94. The van der Waals surface area contributed by atoms with Crippen LogP contribution in [0.25, 0.3) is 0 Å². The maximum absolute atomic E-state index is 12.9. The molecule has 2 aromatic rings. The molecule has 1 heterocycles. The average molecular weight is 294 g/mol. The molecular weight excluding hydrogens is 279 g/mol. The molecule has 0 unspecified atom stereocenters. The van der Waals surface area contributed by atoms with Crippen molar-refractivity contribution in [2.75, 3.05) is 5.32 Å². The number of anilines is 1. The largest absolute Gasteiger partial charge is 0.319 e. The van der Waals surface area contributed by atoms with Gasteiger partial charge in [0.15, 0.2) is 12.4 Å². The molecule has 0 fully saturated rings. The van der Waals surface area contributed by atoms with Gasteiger partial charge in [-0.15, -0.1) is 0 Å². The molecule has 0 bridgehead atoms. The van der Waals surface area contributed by atoms with Gasteiger partial charge in [-0.3, -0.25) is 4.79 Å². The molecule has 2 rings (SSSR count). The fraction of sp³-hybridized carbons (Fsp3) is 0.200. The highest BCUT2D eigenvalue weighted by Gasteiger charge is 2.22. The van der Waals surface area contributed by atoms with Gasteiger partial charge < -0.3 is 5.32 Å². The van der Waals surface area contributed by atoms with E-state index in [1.807, 2.05) is 31.5 Å². The Labute approximate surface area is 122 Å². The zero-order valence-electron chi connectivity index (χ0n) is 11.2. The van der Waals surface area contributed by atoms with E-state index in [0.717, 1.165) is 5.56 Å². The zero-order valence-corrected chi connectivity index (χ0v) is 12.0. The maximum atomic E-state index is 12.9. The smallest absolute Gasteiger partial charge is 0.293 e. The molecule has 3 nitrogen and oxygen atoms in total. The lowest BCUT2D eigenvalue weighted by molar-refractivity contribution is -0.705. The van der Waals surface area contributed by atoms with Crippen LogP contribution in [0.3, 0.4) is 0 Å². The minimum Gasteiger partial charge on any atom is -0.319 e. The quantitative estimate of drug-likeness (QED) is 0.866. The molecule has 0 radical (unpaired) electrons. The van der Waals surface area contributed by atoms with E-state index in [0.29, 0.717) is 5.69 Å². The lowest BCUT2D eigenvalue weighted by Gasteiger charge is -2.10. The van der Waals surface area contributed by atoms with Crippen molar-refractivity contribution in [1.82, 2.24) is 0 Å². The predicted molar refractivity (Wildman–Crippen MR) is 76.1 cm³/mol. The maximum Gasteiger partial charge on any atom is 0.293 e. The number of benzene rings is 1. The van der Waals surface area contributed by atoms with Gasteiger partial charge in [0.05, 0.1) is 10.7 Å². The van der Waals surface area contributed by atoms with Gasteiger partial charge in [-0.1, -0.05) is 11.6 Å². The molecule has 104 valence electrons. The van der Waals surface area contributed by atoms with Gasteiger partial charge in [-0.2, -0.15) is 4.57 Å². The van der Waals surface area contributed by atoms with Crippen molar-refractivity contribution in [2.24, 2.45) is 0 Å². The molecule has 1 atom stereocenters. The van der Waals surface area contributed by atoms with Crippen molar-refractivity contribution < 1.29 is 13.8 Å². The number of aryl methyl sites for hydroxylation is 1. The topological polar surface area (TPSA) is 33.0 Å². The summed E-state index contributed by atoms with van der Waals surface area (Å²) in [7, 11) is 0. The Bertz CT molecular complexity index is 628. The minimum absolute atomic E-state index is 0.180. The van der Waals surface area contributed by atoms with Crippen LogP contribution < -0.4 is 9.88 Å². The summed E-state index contributed by atoms with van der Waals surface area (Å²) in [6, 6.07) is 7.33. The molecule has 0 aliphatic rings. The monoisotopic (exact) mass is 293 g/mol. The Balaban J connectivity index is 2.13. The summed E-state index contributed by atoms with van der Waals surface area (Å²) >= 11 is 5.88. The van der Waals surface area contributed by atoms with E-state index in [9.17, 15) is 9.18 Å². The van der Waals surface area contributed by atoms with Gasteiger partial charge in [-0.25, -0.2) is 4.39 Å². The van der Waals surface area contributed by atoms with Crippen LogP contribution in [-0.4, -0.2) is 5.91 Å². The van der Waals surface area contributed by atoms with Crippen LogP contribution in [0.2, 0.25) is 5.02 Å². The third-order valence-corrected chi connectivity index (χ3v) is 3.35. The molecule has 1 amide bonds. The molecule has 1 aromatic heterocycles. The van der Waals surface area contributed by atoms with E-state index in [2.05, 4.69) is 5.32 Å². The number of rotatable bonds is 3. The lowest BCUT2D eigenvalue weighted by atomic mass is 10.2. The Kier molecular flexibility index (Phi) is 4.35. The van der Waals surface area contributed by atoms with Crippen molar-refractivity contribution in [3.63, 3.8) is 0 Å². The van der Waals surface area contributed by atoms with Crippen LogP contribution >= 0.6 is 11.6 Å². The van der Waals surface area contributed by atoms with Gasteiger partial charge in [0, 0.05) is 19.1 Å². The summed E-state index contributed by atoms with van der Waals surface area (Å²) in [6.45, 7) is 3.76. The Morgan fingerprint density at radius 2 is 1.95 bits per heavy atom. The van der Waals surface area contributed by atoms with Gasteiger partial charge in [0.2, 0.25) is 6.04 Å². The first-order valence-electron chi connectivity index (χ1n) is 6.20. The Morgan fingerprint density at radius 3 is 2.55 bits per heavy atom. The van der Waals surface area contributed by atoms with Crippen LogP contribution in [0.1, 0.15) is 18.5 Å². The summed E-state index contributed by atoms with van der Waals surface area (Å²) in [6.07, 6.45) is 3.68. The number of carbonyl (C=O) groups is 1. The standard InChI is InChI=1S/C15H14ClFN2O/c1-10-5-7-19(8-6-10)11(2)15(20)18-14-4-3-12(17)9-13(14)16/h3-9,11H,1-2H3/p+1/t11-/m0/s1. The molecular formula is C15H15ClFN2O+. The van der Waals surface area contributed by atoms with E-state index in [-0.39, 0.29) is 10.9 Å². The number of aromatic nitrogens is 1. The van der Waals surface area contributed by atoms with Crippen molar-refractivity contribution >= 4 is 23.2 Å². The fourth-order valence-corrected chi connectivity index (χ4v) is 1.95. The van der Waals surface area contributed by atoms with Crippen LogP contribution in [0, 0.1) is 12.7 Å². The fourth-order valence-electron chi connectivity index (χ4n) is 1.73. The third kappa shape index (κ3) is 3.33. The van der Waals surface area contributed by atoms with Gasteiger partial charge in [-0.05, 0) is 30.7 Å². The van der Waals surface area contributed by atoms with Crippen LogP contribution in [0.4, 0.5) is 10.1 Å². The number of nitrogens with zero attached hydrogens (tertiary/aromatic N) is 1. The Morgan fingerprint density at radius 1 is 1.30 bits per heavy atom. The number of amides is 1. The first-order valence-corrected chi connectivity index (χ1v) is 6.58. The molecule has 5 heteroatoms. The van der Waals surface area contributed by atoms with E-state index in [4.69, 9.17) is 11.6 Å². The van der Waals surface area contributed by atoms with Crippen molar-refractivity contribution in [3.05, 3.63) is 59.1 Å². The molecule has 1 N–H and O–H groups in total. The van der Waals surface area contributed by atoms with Gasteiger partial charge >= 0.3 is 0 Å². The second kappa shape index (κ2) is 6.01. The molecule has 0 saturated heterocycles. The number of hydrogen-bond donors (Lipinski definition) is 1. The number of halogens is 2. The molecule has 20 heavy (non-hydrogen) atoms. The zero-order chi connectivity index (χ0) is 14.7. The third-order valence-electron chi connectivity index (χ3n) is 3.03. The highest BCUT2D eigenvalue weighted by Crippen LogP contribution is 2.22. The SMILES string of the molecule is Cc1cc[n+]([C@@H](C)C(=O)Nc2ccc(F)cc2Cl)cc1. The van der Waals surface area contributed by atoms with Crippen LogP contribution in [-0.2, 0) is 4.79 Å². The van der Waals surface area contributed by atoms with Crippen molar-refractivity contribution in [1.29, 1.82) is 0 Å². The van der Waals surface area contributed by atoms with Crippen molar-refractivity contribution in [2.45, 2.75) is 19.9 Å². The van der Waals surface area contributed by atoms with Crippen LogP contribution in [0.15, 0.2) is 42.7 Å². The highest BCUT2D eigenvalue weighted by molar-refractivity contribution is 6.33. The van der Waals surface area contributed by atoms with E-state index in [1.165, 1.54) is 18.2 Å². The number of carbonyl (C=O) groups excluding carboxylic acids is 1. The molecule has 0 saturated carbocycles. The van der Waals surface area contributed by atoms with Gasteiger partial charge in [0.25, 0.3) is 5.91 Å². The molecule has 0 aliphatic heterocycles. The second-order valence-electron chi connectivity index (χ2n) is 4.61. The number of pyridine rings is 1. The summed E-state index contributed by atoms with van der Waals surface area (Å²) in [5.41, 5.74) is 1.52. The predicted octanol–water partition coefficient (Wildman–Crippen LogP) is 3.27. The summed E-state index contributed by atoms with van der Waals surface area (Å²) < 4.78 is 14.7. The van der Waals surface area contributed by atoms with E-state index in [1.54, 1.807) is 11.5 Å². The average Bonchev–Trinajstić information content (AvgIpc) is 2.42. The summed E-state index contributed by atoms with van der Waals surface area (Å²) in [5, 5.41) is 2.87. The minimum atomic E-state index is -0.436. The second-order valence-corrected chi connectivity index (χ2v) is 5.02. The van der Waals surface area contributed by atoms with Crippen LogP contribution in [0.5, 0.6) is 0 Å².